The lowest BCUT2D eigenvalue weighted by Crippen LogP contribution is -2.48. The predicted octanol–water partition coefficient (Wildman–Crippen LogP) is 2.02. The van der Waals surface area contributed by atoms with Gasteiger partial charge in [-0.2, -0.15) is 0 Å². The maximum Gasteiger partial charge on any atom is 0.240 e. The van der Waals surface area contributed by atoms with Crippen LogP contribution in [0.15, 0.2) is 46.7 Å². The third-order valence-electron chi connectivity index (χ3n) is 4.69. The van der Waals surface area contributed by atoms with Crippen LogP contribution in [0.2, 0.25) is 0 Å². The number of piperazine rings is 1. The van der Waals surface area contributed by atoms with Crippen molar-refractivity contribution < 1.29 is 13.2 Å². The Bertz CT molecular complexity index is 784. The molecule has 3 rings (SSSR count). The maximum atomic E-state index is 12.7. The lowest BCUT2D eigenvalue weighted by Gasteiger charge is -2.37. The Morgan fingerprint density at radius 3 is 2.42 bits per heavy atom. The van der Waals surface area contributed by atoms with Crippen molar-refractivity contribution in [2.75, 3.05) is 46.9 Å². The van der Waals surface area contributed by atoms with Crippen molar-refractivity contribution in [1.29, 1.82) is 0 Å². The number of methoxy groups -OCH3 is 1. The maximum absolute atomic E-state index is 12.7. The van der Waals surface area contributed by atoms with E-state index in [4.69, 9.17) is 4.74 Å². The summed E-state index contributed by atoms with van der Waals surface area (Å²) in [5.41, 5.74) is 0. The third-order valence-corrected chi connectivity index (χ3v) is 7.10. The minimum Gasteiger partial charge on any atom is -0.497 e. The van der Waals surface area contributed by atoms with Gasteiger partial charge >= 0.3 is 0 Å². The van der Waals surface area contributed by atoms with E-state index in [1.807, 2.05) is 11.4 Å². The number of thiophene rings is 1. The first-order chi connectivity index (χ1) is 12.5. The molecule has 0 bridgehead atoms. The fourth-order valence-electron chi connectivity index (χ4n) is 3.05. The van der Waals surface area contributed by atoms with Crippen LogP contribution in [0, 0.1) is 0 Å². The zero-order valence-electron chi connectivity index (χ0n) is 15.1. The third kappa shape index (κ3) is 4.63. The van der Waals surface area contributed by atoms with Gasteiger partial charge in [-0.3, -0.25) is 4.90 Å². The molecule has 0 radical (unpaired) electrons. The van der Waals surface area contributed by atoms with Gasteiger partial charge in [-0.15, -0.1) is 11.3 Å². The zero-order valence-corrected chi connectivity index (χ0v) is 16.7. The molecular weight excluding hydrogens is 370 g/mol. The molecule has 1 N–H and O–H groups in total. The summed E-state index contributed by atoms with van der Waals surface area (Å²) in [6, 6.07) is 10.6. The van der Waals surface area contributed by atoms with Crippen LogP contribution < -0.4 is 9.46 Å². The zero-order chi connectivity index (χ0) is 18.6. The van der Waals surface area contributed by atoms with Crippen LogP contribution in [0.1, 0.15) is 10.9 Å². The fraction of sp³-hybridized carbons (Fsp3) is 0.444. The van der Waals surface area contributed by atoms with Crippen LogP contribution in [0.4, 0.5) is 0 Å². The molecule has 26 heavy (non-hydrogen) atoms. The Hall–Kier alpha value is -1.45. The highest BCUT2D eigenvalue weighted by atomic mass is 32.2. The Balaban J connectivity index is 1.72. The molecule has 8 heteroatoms. The van der Waals surface area contributed by atoms with Crippen molar-refractivity contribution in [3.8, 4) is 5.75 Å². The summed E-state index contributed by atoms with van der Waals surface area (Å²) in [6.45, 7) is 4.21. The van der Waals surface area contributed by atoms with Crippen molar-refractivity contribution >= 4 is 21.4 Å². The highest BCUT2D eigenvalue weighted by Gasteiger charge is 2.26. The molecule has 1 saturated heterocycles. The molecule has 6 nitrogen and oxygen atoms in total. The highest BCUT2D eigenvalue weighted by molar-refractivity contribution is 7.89. The molecule has 1 aromatic carbocycles. The van der Waals surface area contributed by atoms with E-state index in [2.05, 4.69) is 27.6 Å². The van der Waals surface area contributed by atoms with E-state index in [1.165, 1.54) is 4.88 Å². The van der Waals surface area contributed by atoms with Gasteiger partial charge in [0, 0.05) is 37.6 Å². The van der Waals surface area contributed by atoms with E-state index in [0.29, 0.717) is 12.3 Å². The van der Waals surface area contributed by atoms with Crippen molar-refractivity contribution in [3.63, 3.8) is 0 Å². The SMILES string of the molecule is COc1ccc(S(=O)(=O)NCC(c2cccs2)N2CCN(C)CC2)cc1. The van der Waals surface area contributed by atoms with Gasteiger partial charge in [-0.25, -0.2) is 13.1 Å². The average Bonchev–Trinajstić information content (AvgIpc) is 3.18. The molecular formula is C18H25N3O3S2. The predicted molar refractivity (Wildman–Crippen MR) is 104 cm³/mol. The van der Waals surface area contributed by atoms with Crippen molar-refractivity contribution in [1.82, 2.24) is 14.5 Å². The van der Waals surface area contributed by atoms with Gasteiger partial charge < -0.3 is 9.64 Å². The van der Waals surface area contributed by atoms with Crippen LogP contribution in [0.5, 0.6) is 5.75 Å². The van der Waals surface area contributed by atoms with E-state index in [9.17, 15) is 8.42 Å². The number of hydrogen-bond acceptors (Lipinski definition) is 6. The van der Waals surface area contributed by atoms with Gasteiger partial charge in [0.2, 0.25) is 10.0 Å². The van der Waals surface area contributed by atoms with E-state index in [0.717, 1.165) is 26.2 Å². The number of rotatable bonds is 7. The normalized spacial score (nSPS) is 17.9. The second-order valence-corrected chi connectivity index (χ2v) is 9.14. The molecule has 142 valence electrons. The molecule has 2 aromatic rings. The number of ether oxygens (including phenoxy) is 1. The van der Waals surface area contributed by atoms with E-state index in [1.54, 1.807) is 42.7 Å². The topological polar surface area (TPSA) is 61.9 Å². The van der Waals surface area contributed by atoms with Crippen LogP contribution in [0.25, 0.3) is 0 Å². The minimum atomic E-state index is -3.56. The van der Waals surface area contributed by atoms with Gasteiger partial charge in [0.1, 0.15) is 5.75 Å². The van der Waals surface area contributed by atoms with Gasteiger partial charge in [-0.05, 0) is 42.8 Å². The Labute approximate surface area is 159 Å². The van der Waals surface area contributed by atoms with E-state index >= 15 is 0 Å². The number of hydrogen-bond donors (Lipinski definition) is 1. The smallest absolute Gasteiger partial charge is 0.240 e. The molecule has 0 amide bonds. The lowest BCUT2D eigenvalue weighted by molar-refractivity contribution is 0.114. The first kappa shape index (κ1) is 19.3. The Kier molecular flexibility index (Phi) is 6.31. The summed E-state index contributed by atoms with van der Waals surface area (Å²) in [5.74, 6) is 0.637. The van der Waals surface area contributed by atoms with Gasteiger partial charge in [0.15, 0.2) is 0 Å². The second kappa shape index (κ2) is 8.49. The first-order valence-corrected chi connectivity index (χ1v) is 11.0. The molecule has 1 aliphatic heterocycles. The quantitative estimate of drug-likeness (QED) is 0.777. The summed E-state index contributed by atoms with van der Waals surface area (Å²) >= 11 is 1.67. The van der Waals surface area contributed by atoms with Gasteiger partial charge in [0.05, 0.1) is 18.0 Å². The number of nitrogens with zero attached hydrogens (tertiary/aromatic N) is 2. The first-order valence-electron chi connectivity index (χ1n) is 8.59. The molecule has 1 aromatic heterocycles. The van der Waals surface area contributed by atoms with E-state index in [-0.39, 0.29) is 10.9 Å². The number of nitrogens with one attached hydrogen (secondary N) is 1. The monoisotopic (exact) mass is 395 g/mol. The Morgan fingerprint density at radius 2 is 1.85 bits per heavy atom. The molecule has 1 atom stereocenters. The van der Waals surface area contributed by atoms with Gasteiger partial charge in [-0.1, -0.05) is 6.07 Å². The Morgan fingerprint density at radius 1 is 1.15 bits per heavy atom. The fourth-order valence-corrected chi connectivity index (χ4v) is 4.95. The highest BCUT2D eigenvalue weighted by Crippen LogP contribution is 2.26. The average molecular weight is 396 g/mol. The largest absolute Gasteiger partial charge is 0.497 e. The summed E-state index contributed by atoms with van der Waals surface area (Å²) in [7, 11) is 0.115. The standard InChI is InChI=1S/C18H25N3O3S2/c1-20-9-11-21(12-10-20)17(18-4-3-13-25-18)14-19-26(22,23)16-7-5-15(24-2)6-8-16/h3-8,13,17,19H,9-12,14H2,1-2H3. The van der Waals surface area contributed by atoms with Crippen molar-refractivity contribution in [2.24, 2.45) is 0 Å². The number of sulfonamides is 1. The van der Waals surface area contributed by atoms with Gasteiger partial charge in [0.25, 0.3) is 0 Å². The van der Waals surface area contributed by atoms with Crippen molar-refractivity contribution in [2.45, 2.75) is 10.9 Å². The molecule has 1 fully saturated rings. The van der Waals surface area contributed by atoms with E-state index < -0.39 is 10.0 Å². The van der Waals surface area contributed by atoms with Crippen LogP contribution in [0.3, 0.4) is 0 Å². The molecule has 0 spiro atoms. The minimum absolute atomic E-state index is 0.0525. The molecule has 1 unspecified atom stereocenters. The summed E-state index contributed by atoms with van der Waals surface area (Å²) in [4.78, 5) is 6.10. The summed E-state index contributed by atoms with van der Waals surface area (Å²) < 4.78 is 33.2. The van der Waals surface area contributed by atoms with Crippen LogP contribution >= 0.6 is 11.3 Å². The van der Waals surface area contributed by atoms with Crippen LogP contribution in [-0.4, -0.2) is 65.1 Å². The molecule has 0 aliphatic carbocycles. The van der Waals surface area contributed by atoms with Crippen molar-refractivity contribution in [3.05, 3.63) is 46.7 Å². The van der Waals surface area contributed by atoms with Crippen LogP contribution in [-0.2, 0) is 10.0 Å². The summed E-state index contributed by atoms with van der Waals surface area (Å²) in [5, 5.41) is 2.04. The second-order valence-electron chi connectivity index (χ2n) is 6.40. The number of benzene rings is 1. The molecule has 1 aliphatic rings. The number of likely N-dealkylation sites (N-methyl/N-ethyl adjacent to an activating group) is 1. The summed E-state index contributed by atoms with van der Waals surface area (Å²) in [6.07, 6.45) is 0. The molecule has 0 saturated carbocycles. The molecule has 2 heterocycles. The lowest BCUT2D eigenvalue weighted by atomic mass is 10.2.